The number of nitrogens with zero attached hydrogens (tertiary/aromatic N) is 2. The summed E-state index contributed by atoms with van der Waals surface area (Å²) in [4.78, 5) is 30.3. The van der Waals surface area contributed by atoms with E-state index < -0.39 is 0 Å². The predicted octanol–water partition coefficient (Wildman–Crippen LogP) is 4.95. The summed E-state index contributed by atoms with van der Waals surface area (Å²) in [5, 5.41) is 4.77. The molecular formula is C21H28ClN3O2S. The molecule has 0 radical (unpaired) electrons. The smallest absolute Gasteiger partial charge is 0.262 e. The summed E-state index contributed by atoms with van der Waals surface area (Å²) in [5.74, 6) is 0.223. The number of halogens is 1. The van der Waals surface area contributed by atoms with Gasteiger partial charge < -0.3 is 5.32 Å². The van der Waals surface area contributed by atoms with Crippen LogP contribution >= 0.6 is 23.4 Å². The van der Waals surface area contributed by atoms with Crippen molar-refractivity contribution in [1.82, 2.24) is 14.9 Å². The van der Waals surface area contributed by atoms with Crippen LogP contribution in [0.25, 0.3) is 10.9 Å². The third-order valence-electron chi connectivity index (χ3n) is 5.23. The molecule has 1 N–H and O–H groups in total. The molecule has 2 aromatic rings. The van der Waals surface area contributed by atoms with E-state index >= 15 is 0 Å². The Hall–Kier alpha value is -1.53. The molecule has 1 aliphatic carbocycles. The maximum atomic E-state index is 13.2. The minimum Gasteiger partial charge on any atom is -0.353 e. The van der Waals surface area contributed by atoms with E-state index in [9.17, 15) is 9.59 Å². The van der Waals surface area contributed by atoms with E-state index in [4.69, 9.17) is 16.6 Å². The van der Waals surface area contributed by atoms with E-state index in [0.717, 1.165) is 38.5 Å². The Morgan fingerprint density at radius 3 is 2.82 bits per heavy atom. The number of thioether (sulfide) groups is 1. The van der Waals surface area contributed by atoms with Gasteiger partial charge in [-0.05, 0) is 44.4 Å². The Kier molecular flexibility index (Phi) is 7.41. The van der Waals surface area contributed by atoms with Crippen molar-refractivity contribution in [2.45, 2.75) is 76.0 Å². The lowest BCUT2D eigenvalue weighted by Gasteiger charge is -2.26. The Morgan fingerprint density at radius 1 is 1.36 bits per heavy atom. The fourth-order valence-electron chi connectivity index (χ4n) is 3.87. The first-order valence-corrected chi connectivity index (χ1v) is 11.5. The highest BCUT2D eigenvalue weighted by Gasteiger charge is 2.22. The first-order valence-electron chi connectivity index (χ1n) is 10.1. The number of carbonyl (C=O) groups is 1. The first kappa shape index (κ1) is 21.2. The Balaban J connectivity index is 1.90. The van der Waals surface area contributed by atoms with Gasteiger partial charge in [0.05, 0.1) is 16.7 Å². The van der Waals surface area contributed by atoms with Gasteiger partial charge in [0.25, 0.3) is 5.56 Å². The molecule has 0 spiro atoms. The minimum absolute atomic E-state index is 0.0263. The third kappa shape index (κ3) is 5.09. The summed E-state index contributed by atoms with van der Waals surface area (Å²) in [6.45, 7) is 4.12. The molecule has 0 aliphatic heterocycles. The standard InChI is InChI=1S/C21H28ClN3O2S/c1-3-7-14(2)23-19(26)13-28-21-24-18-12-15(22)10-11-17(18)20(27)25(21)16-8-5-4-6-9-16/h10-12,14,16H,3-9,13H2,1-2H3,(H,23,26)/t14-/m0/s1. The highest BCUT2D eigenvalue weighted by molar-refractivity contribution is 7.99. The van der Waals surface area contributed by atoms with Gasteiger partial charge >= 0.3 is 0 Å². The number of hydrogen-bond donors (Lipinski definition) is 1. The molecule has 1 heterocycles. The lowest BCUT2D eigenvalue weighted by Crippen LogP contribution is -2.34. The van der Waals surface area contributed by atoms with Crippen molar-refractivity contribution < 1.29 is 4.79 Å². The molecule has 1 amide bonds. The molecule has 0 saturated heterocycles. The lowest BCUT2D eigenvalue weighted by molar-refractivity contribution is -0.119. The second-order valence-electron chi connectivity index (χ2n) is 7.57. The SMILES string of the molecule is CCC[C@H](C)NC(=O)CSc1nc2cc(Cl)ccc2c(=O)n1C1CCCCC1. The fourth-order valence-corrected chi connectivity index (χ4v) is 4.91. The number of carbonyl (C=O) groups excluding carboxylic acids is 1. The van der Waals surface area contributed by atoms with E-state index in [1.807, 2.05) is 11.5 Å². The molecule has 28 heavy (non-hydrogen) atoms. The molecule has 3 rings (SSSR count). The zero-order valence-corrected chi connectivity index (χ0v) is 18.1. The van der Waals surface area contributed by atoms with Crippen molar-refractivity contribution in [3.8, 4) is 0 Å². The number of rotatable bonds is 7. The normalized spacial score (nSPS) is 16.2. The maximum Gasteiger partial charge on any atom is 0.262 e. The van der Waals surface area contributed by atoms with Crippen molar-refractivity contribution >= 4 is 40.2 Å². The first-order chi connectivity index (χ1) is 13.5. The lowest BCUT2D eigenvalue weighted by atomic mass is 9.95. The zero-order valence-electron chi connectivity index (χ0n) is 16.5. The summed E-state index contributed by atoms with van der Waals surface area (Å²) in [6, 6.07) is 5.50. The molecule has 1 atom stereocenters. The van der Waals surface area contributed by atoms with Crippen LogP contribution in [0.4, 0.5) is 0 Å². The van der Waals surface area contributed by atoms with Gasteiger partial charge in [-0.15, -0.1) is 0 Å². The highest BCUT2D eigenvalue weighted by Crippen LogP contribution is 2.31. The van der Waals surface area contributed by atoms with Gasteiger partial charge in [-0.25, -0.2) is 4.98 Å². The van der Waals surface area contributed by atoms with Crippen molar-refractivity contribution in [2.24, 2.45) is 0 Å². The Labute approximate surface area is 175 Å². The van der Waals surface area contributed by atoms with E-state index in [0.29, 0.717) is 21.1 Å². The van der Waals surface area contributed by atoms with Crippen molar-refractivity contribution in [3.05, 3.63) is 33.6 Å². The average Bonchev–Trinajstić information content (AvgIpc) is 2.67. The van der Waals surface area contributed by atoms with Crippen molar-refractivity contribution in [3.63, 3.8) is 0 Å². The van der Waals surface area contributed by atoms with Crippen LogP contribution < -0.4 is 10.9 Å². The van der Waals surface area contributed by atoms with Crippen LogP contribution in [0.5, 0.6) is 0 Å². The molecule has 152 valence electrons. The molecule has 1 aromatic heterocycles. The number of benzene rings is 1. The molecule has 1 aromatic carbocycles. The van der Waals surface area contributed by atoms with Crippen LogP contribution in [0.2, 0.25) is 5.02 Å². The summed E-state index contributed by atoms with van der Waals surface area (Å²) >= 11 is 7.45. The van der Waals surface area contributed by atoms with Gasteiger partial charge in [0.2, 0.25) is 5.91 Å². The van der Waals surface area contributed by atoms with E-state index in [1.165, 1.54) is 18.2 Å². The molecule has 1 fully saturated rings. The van der Waals surface area contributed by atoms with E-state index in [1.54, 1.807) is 18.2 Å². The van der Waals surface area contributed by atoms with Gasteiger partial charge in [0.1, 0.15) is 0 Å². The van der Waals surface area contributed by atoms with Gasteiger partial charge in [-0.3, -0.25) is 14.2 Å². The molecule has 1 saturated carbocycles. The second kappa shape index (κ2) is 9.79. The van der Waals surface area contributed by atoms with Crippen LogP contribution in [-0.2, 0) is 4.79 Å². The van der Waals surface area contributed by atoms with Crippen molar-refractivity contribution in [1.29, 1.82) is 0 Å². The monoisotopic (exact) mass is 421 g/mol. The molecule has 5 nitrogen and oxygen atoms in total. The summed E-state index contributed by atoms with van der Waals surface area (Å²) in [6.07, 6.45) is 7.40. The van der Waals surface area contributed by atoms with Crippen LogP contribution in [0.1, 0.15) is 64.8 Å². The number of amides is 1. The summed E-state index contributed by atoms with van der Waals surface area (Å²) in [7, 11) is 0. The topological polar surface area (TPSA) is 64.0 Å². The Bertz CT molecular complexity index is 893. The molecule has 7 heteroatoms. The second-order valence-corrected chi connectivity index (χ2v) is 8.95. The van der Waals surface area contributed by atoms with Gasteiger partial charge in [0.15, 0.2) is 5.16 Å². The third-order valence-corrected chi connectivity index (χ3v) is 6.42. The van der Waals surface area contributed by atoms with Crippen LogP contribution in [0.3, 0.4) is 0 Å². The number of hydrogen-bond acceptors (Lipinski definition) is 4. The molecule has 0 unspecified atom stereocenters. The van der Waals surface area contributed by atoms with Gasteiger partial charge in [-0.1, -0.05) is 56.0 Å². The predicted molar refractivity (Wildman–Crippen MR) is 116 cm³/mol. The van der Waals surface area contributed by atoms with Crippen molar-refractivity contribution in [2.75, 3.05) is 5.75 Å². The Morgan fingerprint density at radius 2 is 2.11 bits per heavy atom. The fraction of sp³-hybridized carbons (Fsp3) is 0.571. The number of nitrogens with one attached hydrogen (secondary N) is 1. The summed E-state index contributed by atoms with van der Waals surface area (Å²) < 4.78 is 1.82. The maximum absolute atomic E-state index is 13.2. The van der Waals surface area contributed by atoms with Crippen LogP contribution in [0.15, 0.2) is 28.2 Å². The molecular weight excluding hydrogens is 394 g/mol. The van der Waals surface area contributed by atoms with Gasteiger partial charge in [0, 0.05) is 17.1 Å². The van der Waals surface area contributed by atoms with Crippen LogP contribution in [0, 0.1) is 0 Å². The largest absolute Gasteiger partial charge is 0.353 e. The quantitative estimate of drug-likeness (QED) is 0.507. The van der Waals surface area contributed by atoms with E-state index in [2.05, 4.69) is 12.2 Å². The van der Waals surface area contributed by atoms with Gasteiger partial charge in [-0.2, -0.15) is 0 Å². The average molecular weight is 422 g/mol. The zero-order chi connectivity index (χ0) is 20.1. The van der Waals surface area contributed by atoms with E-state index in [-0.39, 0.29) is 29.3 Å². The molecule has 0 bridgehead atoms. The minimum atomic E-state index is -0.0316. The number of fused-ring (bicyclic) bond motifs is 1. The molecule has 1 aliphatic rings. The summed E-state index contributed by atoms with van der Waals surface area (Å²) in [5.41, 5.74) is 0.558. The highest BCUT2D eigenvalue weighted by atomic mass is 35.5. The van der Waals surface area contributed by atoms with Crippen LogP contribution in [-0.4, -0.2) is 27.3 Å². The number of aromatic nitrogens is 2.